The first-order valence-electron chi connectivity index (χ1n) is 12.0. The fraction of sp³-hybridized carbons (Fsp3) is 0.346. The molecule has 1 aliphatic heterocycles. The van der Waals surface area contributed by atoms with Crippen LogP contribution in [0.3, 0.4) is 0 Å². The molecule has 7 nitrogen and oxygen atoms in total. The monoisotopic (exact) mass is 504 g/mol. The van der Waals surface area contributed by atoms with Gasteiger partial charge in [-0.1, -0.05) is 36.8 Å². The number of piperazine rings is 1. The van der Waals surface area contributed by atoms with Crippen molar-refractivity contribution in [3.63, 3.8) is 0 Å². The van der Waals surface area contributed by atoms with Crippen LogP contribution in [-0.4, -0.2) is 62.5 Å². The van der Waals surface area contributed by atoms with E-state index in [1.165, 1.54) is 11.3 Å². The third-order valence-corrected chi connectivity index (χ3v) is 10.3. The van der Waals surface area contributed by atoms with E-state index in [0.717, 1.165) is 88.2 Å². The lowest BCUT2D eigenvalue weighted by atomic mass is 10.00. The Kier molecular flexibility index (Phi) is 5.99. The summed E-state index contributed by atoms with van der Waals surface area (Å²) in [5.41, 5.74) is 11.0. The molecular weight excluding hydrogens is 476 g/mol. The van der Waals surface area contributed by atoms with Gasteiger partial charge in [-0.05, 0) is 37.1 Å². The number of likely N-dealkylation sites (N-methyl/N-ethyl adjacent to an activating group) is 1. The number of thiophene rings is 1. The number of hydrogen-bond acceptors (Lipinski definition) is 8. The van der Waals surface area contributed by atoms with E-state index in [0.29, 0.717) is 5.69 Å². The van der Waals surface area contributed by atoms with E-state index in [9.17, 15) is 4.21 Å². The Morgan fingerprint density at radius 2 is 1.74 bits per heavy atom. The smallest absolute Gasteiger partial charge is 0.225 e. The molecule has 0 unspecified atom stereocenters. The lowest BCUT2D eigenvalue weighted by Crippen LogP contribution is -2.45. The number of pyridine rings is 1. The number of rotatable bonds is 5. The summed E-state index contributed by atoms with van der Waals surface area (Å²) in [6.07, 6.45) is 6.86. The van der Waals surface area contributed by atoms with Crippen molar-refractivity contribution in [2.45, 2.75) is 28.7 Å². The van der Waals surface area contributed by atoms with E-state index >= 15 is 0 Å². The zero-order valence-corrected chi connectivity index (χ0v) is 21.3. The third-order valence-electron chi connectivity index (χ3n) is 7.01. The highest BCUT2D eigenvalue weighted by Crippen LogP contribution is 2.44. The predicted molar refractivity (Wildman–Crippen MR) is 144 cm³/mol. The van der Waals surface area contributed by atoms with Gasteiger partial charge in [0.25, 0.3) is 0 Å². The van der Waals surface area contributed by atoms with Crippen LogP contribution in [0.25, 0.3) is 32.6 Å². The van der Waals surface area contributed by atoms with Crippen molar-refractivity contribution in [2.75, 3.05) is 43.9 Å². The fourth-order valence-corrected chi connectivity index (χ4v) is 7.81. The summed E-state index contributed by atoms with van der Waals surface area (Å²) in [5, 5.41) is 1.10. The van der Waals surface area contributed by atoms with Crippen LogP contribution in [0.4, 0.5) is 11.6 Å². The maximum Gasteiger partial charge on any atom is 0.225 e. The SMILES string of the molecule is CN1CCN(c2ncc(-c3cc(-c4ccccc4)c4c(N)c([S@](=O)C5CCC5)sc4n3)cn2)CC1. The topological polar surface area (TPSA) is 88.2 Å². The zero-order valence-electron chi connectivity index (χ0n) is 19.7. The second-order valence-electron chi connectivity index (χ2n) is 9.32. The molecule has 2 aliphatic rings. The van der Waals surface area contributed by atoms with E-state index in [2.05, 4.69) is 45.0 Å². The number of nitrogens with zero attached hydrogens (tertiary/aromatic N) is 5. The molecule has 6 rings (SSSR count). The van der Waals surface area contributed by atoms with Crippen LogP contribution >= 0.6 is 11.3 Å². The molecule has 9 heteroatoms. The molecular formula is C26H28N6OS2. The molecule has 35 heavy (non-hydrogen) atoms. The molecule has 1 saturated heterocycles. The largest absolute Gasteiger partial charge is 0.396 e. The van der Waals surface area contributed by atoms with Crippen LogP contribution < -0.4 is 10.6 Å². The first kappa shape index (κ1) is 22.6. The Morgan fingerprint density at radius 3 is 2.40 bits per heavy atom. The van der Waals surface area contributed by atoms with Gasteiger partial charge in [-0.3, -0.25) is 4.21 Å². The first-order valence-corrected chi connectivity index (χ1v) is 14.1. The minimum absolute atomic E-state index is 0.209. The Labute approximate surface area is 211 Å². The Morgan fingerprint density at radius 1 is 1.03 bits per heavy atom. The highest BCUT2D eigenvalue weighted by molar-refractivity contribution is 7.88. The molecule has 0 amide bonds. The third kappa shape index (κ3) is 4.22. The van der Waals surface area contributed by atoms with Crippen LogP contribution in [0.5, 0.6) is 0 Å². The number of benzene rings is 1. The van der Waals surface area contributed by atoms with Gasteiger partial charge in [0.1, 0.15) is 9.04 Å². The van der Waals surface area contributed by atoms with Gasteiger partial charge >= 0.3 is 0 Å². The highest BCUT2D eigenvalue weighted by Gasteiger charge is 2.29. The second kappa shape index (κ2) is 9.29. The maximum absolute atomic E-state index is 13.2. The number of nitrogen functional groups attached to an aromatic ring is 1. The minimum Gasteiger partial charge on any atom is -0.396 e. The maximum atomic E-state index is 13.2. The molecule has 0 spiro atoms. The molecule has 2 fully saturated rings. The summed E-state index contributed by atoms with van der Waals surface area (Å²) in [5.74, 6) is 0.754. The lowest BCUT2D eigenvalue weighted by molar-refractivity contribution is 0.311. The van der Waals surface area contributed by atoms with Gasteiger partial charge in [-0.25, -0.2) is 15.0 Å². The molecule has 1 aliphatic carbocycles. The summed E-state index contributed by atoms with van der Waals surface area (Å²) in [4.78, 5) is 19.6. The molecule has 2 N–H and O–H groups in total. The average molecular weight is 505 g/mol. The van der Waals surface area contributed by atoms with Gasteiger partial charge in [0, 0.05) is 54.8 Å². The summed E-state index contributed by atoms with van der Waals surface area (Å²) < 4.78 is 14.0. The van der Waals surface area contributed by atoms with Crippen LogP contribution in [0.2, 0.25) is 0 Å². The highest BCUT2D eigenvalue weighted by atomic mass is 32.2. The first-order chi connectivity index (χ1) is 17.1. The number of hydrogen-bond donors (Lipinski definition) is 1. The number of aromatic nitrogens is 3. The van der Waals surface area contributed by atoms with Crippen molar-refractivity contribution in [3.8, 4) is 22.4 Å². The summed E-state index contributed by atoms with van der Waals surface area (Å²) in [6.45, 7) is 3.86. The molecule has 0 bridgehead atoms. The second-order valence-corrected chi connectivity index (χ2v) is 12.2. The molecule has 4 aromatic rings. The van der Waals surface area contributed by atoms with Gasteiger partial charge in [0.15, 0.2) is 0 Å². The average Bonchev–Trinajstić information content (AvgIpc) is 3.20. The minimum atomic E-state index is -1.09. The Hall–Kier alpha value is -2.88. The molecule has 1 saturated carbocycles. The molecule has 3 aromatic heterocycles. The number of nitrogens with two attached hydrogens (primary N) is 1. The molecule has 1 aromatic carbocycles. The normalized spacial score (nSPS) is 18.0. The van der Waals surface area contributed by atoms with Crippen molar-refractivity contribution in [1.29, 1.82) is 0 Å². The summed E-state index contributed by atoms with van der Waals surface area (Å²) in [6, 6.07) is 12.2. The van der Waals surface area contributed by atoms with Crippen molar-refractivity contribution in [1.82, 2.24) is 19.9 Å². The lowest BCUT2D eigenvalue weighted by Gasteiger charge is -2.32. The zero-order chi connectivity index (χ0) is 23.9. The summed E-state index contributed by atoms with van der Waals surface area (Å²) in [7, 11) is 1.05. The molecule has 0 radical (unpaired) electrons. The van der Waals surface area contributed by atoms with Crippen molar-refractivity contribution in [2.24, 2.45) is 0 Å². The van der Waals surface area contributed by atoms with Gasteiger partial charge < -0.3 is 15.5 Å². The van der Waals surface area contributed by atoms with E-state index in [1.807, 2.05) is 30.6 Å². The molecule has 180 valence electrons. The molecule has 1 atom stereocenters. The van der Waals surface area contributed by atoms with Gasteiger partial charge in [0.2, 0.25) is 5.95 Å². The molecule has 4 heterocycles. The van der Waals surface area contributed by atoms with Crippen LogP contribution in [0.15, 0.2) is 53.0 Å². The van der Waals surface area contributed by atoms with E-state index in [-0.39, 0.29) is 5.25 Å². The van der Waals surface area contributed by atoms with Gasteiger partial charge in [-0.15, -0.1) is 11.3 Å². The van der Waals surface area contributed by atoms with Gasteiger partial charge in [0.05, 0.1) is 22.2 Å². The standard InChI is InChI=1S/C26H28N6OS2/c1-31-10-12-32(13-11-31)26-28-15-18(16-29-26)21-14-20(17-6-3-2-4-7-17)22-23(27)25(34-24(22)30-21)35(33)19-8-5-9-19/h2-4,6-7,14-16,19H,5,8-13,27H2,1H3/t35-/m1/s1. The van der Waals surface area contributed by atoms with Crippen LogP contribution in [0, 0.1) is 0 Å². The Balaban J connectivity index is 1.42. The number of anilines is 2. The predicted octanol–water partition coefficient (Wildman–Crippen LogP) is 4.41. The van der Waals surface area contributed by atoms with Crippen molar-refractivity contribution >= 4 is 44.0 Å². The van der Waals surface area contributed by atoms with E-state index < -0.39 is 10.8 Å². The van der Waals surface area contributed by atoms with Crippen molar-refractivity contribution < 1.29 is 4.21 Å². The summed E-state index contributed by atoms with van der Waals surface area (Å²) >= 11 is 1.46. The van der Waals surface area contributed by atoms with Crippen molar-refractivity contribution in [3.05, 3.63) is 48.8 Å². The van der Waals surface area contributed by atoms with E-state index in [1.54, 1.807) is 0 Å². The van der Waals surface area contributed by atoms with E-state index in [4.69, 9.17) is 10.7 Å². The fourth-order valence-electron chi connectivity index (χ4n) is 4.60. The van der Waals surface area contributed by atoms with Crippen LogP contribution in [0.1, 0.15) is 19.3 Å². The Bertz CT molecular complexity index is 1380. The number of fused-ring (bicyclic) bond motifs is 1. The quantitative estimate of drug-likeness (QED) is 0.431. The van der Waals surface area contributed by atoms with Crippen LogP contribution in [-0.2, 0) is 10.8 Å². The van der Waals surface area contributed by atoms with Gasteiger partial charge in [-0.2, -0.15) is 0 Å².